The van der Waals surface area contributed by atoms with Crippen molar-refractivity contribution < 1.29 is 50.0 Å². The highest BCUT2D eigenvalue weighted by atomic mass is 16.7. The zero-order valence-electron chi connectivity index (χ0n) is 59.1. The van der Waals surface area contributed by atoms with Crippen LogP contribution in [-0.4, -0.2) is 110 Å². The number of carbonyl (C=O) groups excluding carboxylic acids is 1. The Bertz CT molecular complexity index is 1560. The number of aliphatic hydroxyl groups excluding tert-OH is 7. The van der Waals surface area contributed by atoms with E-state index in [-0.39, 0.29) is 12.8 Å². The van der Waals surface area contributed by atoms with E-state index in [1.165, 1.54) is 302 Å². The molecule has 0 spiro atoms. The van der Waals surface area contributed by atoms with Crippen molar-refractivity contribution in [2.75, 3.05) is 13.2 Å². The lowest BCUT2D eigenvalue weighted by Gasteiger charge is -2.40. The average molecular weight is 1280 g/mol. The van der Waals surface area contributed by atoms with Gasteiger partial charge < -0.3 is 50.5 Å². The van der Waals surface area contributed by atoms with Crippen molar-refractivity contribution in [1.29, 1.82) is 0 Å². The van der Waals surface area contributed by atoms with Gasteiger partial charge in [0, 0.05) is 0 Å². The zero-order valence-corrected chi connectivity index (χ0v) is 59.1. The Morgan fingerprint density at radius 1 is 0.378 bits per heavy atom. The number of amides is 1. The molecule has 0 aliphatic carbocycles. The van der Waals surface area contributed by atoms with Crippen molar-refractivity contribution in [3.63, 3.8) is 0 Å². The smallest absolute Gasteiger partial charge is 0.249 e. The van der Waals surface area contributed by atoms with Crippen LogP contribution in [0.5, 0.6) is 0 Å². The normalized spacial score (nSPS) is 18.6. The summed E-state index contributed by atoms with van der Waals surface area (Å²) >= 11 is 0. The highest BCUT2D eigenvalue weighted by molar-refractivity contribution is 5.80. The van der Waals surface area contributed by atoms with E-state index in [2.05, 4.69) is 55.6 Å². The molecule has 1 saturated heterocycles. The van der Waals surface area contributed by atoms with Gasteiger partial charge in [0.25, 0.3) is 0 Å². The average Bonchev–Trinajstić information content (AvgIpc) is 1.45. The van der Waals surface area contributed by atoms with Gasteiger partial charge in [-0.25, -0.2) is 0 Å². The van der Waals surface area contributed by atoms with Crippen LogP contribution in [0.3, 0.4) is 0 Å². The fraction of sp³-hybridized carbons (Fsp3) is 0.911. The van der Waals surface area contributed by atoms with Crippen LogP contribution in [0.4, 0.5) is 0 Å². The second-order valence-corrected chi connectivity index (χ2v) is 27.8. The maximum Gasteiger partial charge on any atom is 0.249 e. The zero-order chi connectivity index (χ0) is 65.3. The van der Waals surface area contributed by atoms with E-state index in [9.17, 15) is 40.5 Å². The maximum absolute atomic E-state index is 13.3. The summed E-state index contributed by atoms with van der Waals surface area (Å²) < 4.78 is 11.2. The molecule has 1 aliphatic heterocycles. The summed E-state index contributed by atoms with van der Waals surface area (Å²) in [5, 5.41) is 76.6. The lowest BCUT2D eigenvalue weighted by Crippen LogP contribution is -2.60. The number of allylic oxidation sites excluding steroid dienone is 6. The third-order valence-electron chi connectivity index (χ3n) is 19.2. The summed E-state index contributed by atoms with van der Waals surface area (Å²) in [5.41, 5.74) is 0. The van der Waals surface area contributed by atoms with Crippen LogP contribution in [0.1, 0.15) is 393 Å². The van der Waals surface area contributed by atoms with Gasteiger partial charge in [-0.2, -0.15) is 0 Å². The standard InChI is InChI=1S/C79H151NO10/c1-3-5-7-9-11-13-15-17-19-21-23-25-27-29-31-33-35-37-38-40-42-44-46-48-50-52-54-56-58-60-62-64-66-71(82)74(84)70(69-89-79-77(87)76(86)75(85)73(68-81)90-79)80-78(88)72(83)67-65-63-61-59-57-55-53-51-49-47-45-43-41-39-36-34-32-30-28-26-24-22-20-18-16-14-12-10-8-6-4-2/h42,44,50,52,58,60,70-77,79,81-87H,3-41,43,45-49,51,53-57,59,61-69H2,1-2H3,(H,80,88)/b44-42+,52-50+,60-58+. The molecule has 0 aromatic heterocycles. The molecule has 0 aromatic rings. The van der Waals surface area contributed by atoms with Crippen LogP contribution in [0, 0.1) is 0 Å². The number of carbonyl (C=O) groups is 1. The van der Waals surface area contributed by atoms with Gasteiger partial charge in [0.2, 0.25) is 5.91 Å². The molecule has 1 fully saturated rings. The first-order valence-corrected chi connectivity index (χ1v) is 39.4. The molecule has 0 aromatic carbocycles. The van der Waals surface area contributed by atoms with Crippen molar-refractivity contribution in [3.8, 4) is 0 Å². The molecular weight excluding hydrogens is 1120 g/mol. The number of ether oxygens (including phenoxy) is 2. The van der Waals surface area contributed by atoms with E-state index >= 15 is 0 Å². The molecule has 11 heteroatoms. The van der Waals surface area contributed by atoms with Crippen molar-refractivity contribution in [2.45, 2.75) is 448 Å². The summed E-state index contributed by atoms with van der Waals surface area (Å²) in [6.45, 7) is 3.50. The lowest BCUT2D eigenvalue weighted by atomic mass is 9.98. The van der Waals surface area contributed by atoms with Crippen molar-refractivity contribution in [2.24, 2.45) is 0 Å². The van der Waals surface area contributed by atoms with E-state index in [0.717, 1.165) is 44.9 Å². The molecule has 0 radical (unpaired) electrons. The number of hydrogen-bond acceptors (Lipinski definition) is 10. The molecular formula is C79H151NO10. The molecule has 11 nitrogen and oxygen atoms in total. The molecule has 0 saturated carbocycles. The Morgan fingerprint density at radius 2 is 0.667 bits per heavy atom. The van der Waals surface area contributed by atoms with Crippen molar-refractivity contribution in [1.82, 2.24) is 5.32 Å². The van der Waals surface area contributed by atoms with Gasteiger partial charge >= 0.3 is 0 Å². The molecule has 8 N–H and O–H groups in total. The van der Waals surface area contributed by atoms with Crippen LogP contribution in [0.25, 0.3) is 0 Å². The minimum atomic E-state index is -1.67. The Balaban J connectivity index is 2.17. The molecule has 1 aliphatic rings. The summed E-state index contributed by atoms with van der Waals surface area (Å²) in [4.78, 5) is 13.3. The fourth-order valence-corrected chi connectivity index (χ4v) is 12.9. The van der Waals surface area contributed by atoms with Gasteiger partial charge in [-0.15, -0.1) is 0 Å². The minimum Gasteiger partial charge on any atom is -0.394 e. The van der Waals surface area contributed by atoms with E-state index < -0.39 is 74.2 Å². The SMILES string of the molecule is CCCCCCCCCCCCCCCCCCCCC/C=C/CC/C=C/CC/C=C/CCCC(O)C(O)C(COC1OC(CO)C(O)C(O)C1O)NC(=O)C(O)CCCCCCCCCCCCCCCCCCCCCCCCCCCCCCCCC. The molecule has 0 bridgehead atoms. The first kappa shape index (κ1) is 86.3. The number of aliphatic hydroxyl groups is 7. The second-order valence-electron chi connectivity index (χ2n) is 27.8. The number of unbranched alkanes of at least 4 members (excludes halogenated alkanes) is 52. The monoisotopic (exact) mass is 1270 g/mol. The van der Waals surface area contributed by atoms with Gasteiger partial charge in [-0.1, -0.05) is 365 Å². The molecule has 9 atom stereocenters. The summed E-state index contributed by atoms with van der Waals surface area (Å²) in [6.07, 6.45) is 76.9. The predicted octanol–water partition coefficient (Wildman–Crippen LogP) is 20.1. The van der Waals surface area contributed by atoms with Gasteiger partial charge in [-0.3, -0.25) is 4.79 Å². The highest BCUT2D eigenvalue weighted by Gasteiger charge is 2.44. The minimum absolute atomic E-state index is 0.243. The van der Waals surface area contributed by atoms with Crippen molar-refractivity contribution in [3.05, 3.63) is 36.5 Å². The van der Waals surface area contributed by atoms with E-state index in [4.69, 9.17) is 9.47 Å². The Morgan fingerprint density at radius 3 is 0.989 bits per heavy atom. The van der Waals surface area contributed by atoms with Crippen LogP contribution in [0.2, 0.25) is 0 Å². The number of rotatable bonds is 70. The molecule has 1 heterocycles. The number of hydrogen-bond donors (Lipinski definition) is 8. The second kappa shape index (κ2) is 67.3. The third kappa shape index (κ3) is 53.6. The molecule has 90 heavy (non-hydrogen) atoms. The van der Waals surface area contributed by atoms with E-state index in [1.807, 2.05) is 0 Å². The van der Waals surface area contributed by atoms with Crippen LogP contribution >= 0.6 is 0 Å². The van der Waals surface area contributed by atoms with E-state index in [0.29, 0.717) is 19.3 Å². The van der Waals surface area contributed by atoms with E-state index in [1.54, 1.807) is 0 Å². The largest absolute Gasteiger partial charge is 0.394 e. The lowest BCUT2D eigenvalue weighted by molar-refractivity contribution is -0.303. The van der Waals surface area contributed by atoms with Gasteiger partial charge in [0.05, 0.1) is 25.4 Å². The predicted molar refractivity (Wildman–Crippen MR) is 381 cm³/mol. The Kier molecular flexibility index (Phi) is 64.6. The molecule has 532 valence electrons. The van der Waals surface area contributed by atoms with Gasteiger partial charge in [0.15, 0.2) is 6.29 Å². The summed E-state index contributed by atoms with van der Waals surface area (Å²) in [6, 6.07) is -1.20. The first-order valence-electron chi connectivity index (χ1n) is 39.4. The highest BCUT2D eigenvalue weighted by Crippen LogP contribution is 2.24. The molecule has 1 rings (SSSR count). The van der Waals surface area contributed by atoms with Crippen LogP contribution in [0.15, 0.2) is 36.5 Å². The third-order valence-corrected chi connectivity index (χ3v) is 19.2. The van der Waals surface area contributed by atoms with Crippen LogP contribution in [-0.2, 0) is 14.3 Å². The summed E-state index contributed by atoms with van der Waals surface area (Å²) in [5.74, 6) is -0.705. The van der Waals surface area contributed by atoms with Crippen LogP contribution < -0.4 is 5.32 Å². The number of nitrogens with one attached hydrogen (secondary N) is 1. The Hall–Kier alpha value is -1.67. The van der Waals surface area contributed by atoms with Gasteiger partial charge in [-0.05, 0) is 64.2 Å². The quantitative estimate of drug-likeness (QED) is 0.0215. The Labute approximate surface area is 556 Å². The molecule has 9 unspecified atom stereocenters. The maximum atomic E-state index is 13.3. The topological polar surface area (TPSA) is 189 Å². The van der Waals surface area contributed by atoms with Gasteiger partial charge in [0.1, 0.15) is 36.6 Å². The first-order chi connectivity index (χ1) is 44.2. The summed E-state index contributed by atoms with van der Waals surface area (Å²) in [7, 11) is 0. The molecule has 1 amide bonds. The van der Waals surface area contributed by atoms with Crippen molar-refractivity contribution >= 4 is 5.91 Å². The fourth-order valence-electron chi connectivity index (χ4n) is 12.9.